The maximum Gasteiger partial charge on any atom is 0.387 e. The highest BCUT2D eigenvalue weighted by Crippen LogP contribution is 2.22. The number of aryl methyl sites for hydroxylation is 1. The van der Waals surface area contributed by atoms with E-state index >= 15 is 0 Å². The molecule has 0 amide bonds. The zero-order valence-corrected chi connectivity index (χ0v) is 12.0. The van der Waals surface area contributed by atoms with Gasteiger partial charge in [0.1, 0.15) is 11.4 Å². The molecule has 0 atom stereocenters. The zero-order chi connectivity index (χ0) is 15.4. The number of ether oxygens (including phenoxy) is 1. The lowest BCUT2D eigenvalue weighted by Crippen LogP contribution is -2.12. The summed E-state index contributed by atoms with van der Waals surface area (Å²) in [5.41, 5.74) is 0.459. The normalized spacial score (nSPS) is 10.9. The zero-order valence-electron chi connectivity index (χ0n) is 11.2. The summed E-state index contributed by atoms with van der Waals surface area (Å²) >= 11 is 5.99. The summed E-state index contributed by atoms with van der Waals surface area (Å²) < 4.78 is 30.2. The third-order valence-electron chi connectivity index (χ3n) is 2.77. The minimum atomic E-state index is -2.94. The van der Waals surface area contributed by atoms with Crippen molar-refractivity contribution in [3.05, 3.63) is 46.7 Å². The van der Waals surface area contributed by atoms with Crippen LogP contribution >= 0.6 is 11.6 Å². The molecule has 2 rings (SSSR count). The van der Waals surface area contributed by atoms with E-state index < -0.39 is 6.61 Å². The second-order valence-corrected chi connectivity index (χ2v) is 4.71. The molecule has 0 N–H and O–H groups in total. The van der Waals surface area contributed by atoms with E-state index in [-0.39, 0.29) is 27.8 Å². The molecule has 0 aliphatic carbocycles. The standard InChI is InChI=1S/C14H13ClF2N2O2/c1-2-6-19-12(11(15)8-18-19)13(20)9-4-3-5-10(7-9)21-14(16)17/h3-5,7-8,14H,2,6H2,1H3. The molecular formula is C14H13ClF2N2O2. The fourth-order valence-corrected chi connectivity index (χ4v) is 2.15. The van der Waals surface area contributed by atoms with E-state index in [1.54, 1.807) is 0 Å². The van der Waals surface area contributed by atoms with Crippen LogP contribution in [0.5, 0.6) is 5.75 Å². The molecule has 1 heterocycles. The molecule has 0 fully saturated rings. The molecule has 0 spiro atoms. The topological polar surface area (TPSA) is 44.1 Å². The van der Waals surface area contributed by atoms with Gasteiger partial charge in [-0.1, -0.05) is 30.7 Å². The van der Waals surface area contributed by atoms with Crippen LogP contribution in [-0.4, -0.2) is 22.2 Å². The number of nitrogens with zero attached hydrogens (tertiary/aromatic N) is 2. The van der Waals surface area contributed by atoms with Crippen molar-refractivity contribution in [1.82, 2.24) is 9.78 Å². The number of carbonyl (C=O) groups excluding carboxylic acids is 1. The lowest BCUT2D eigenvalue weighted by Gasteiger charge is -2.08. The fourth-order valence-electron chi connectivity index (χ4n) is 1.92. The molecular weight excluding hydrogens is 302 g/mol. The molecule has 4 nitrogen and oxygen atoms in total. The third-order valence-corrected chi connectivity index (χ3v) is 3.04. The first kappa shape index (κ1) is 15.4. The Morgan fingerprint density at radius 1 is 1.48 bits per heavy atom. The highest BCUT2D eigenvalue weighted by Gasteiger charge is 2.19. The first-order valence-electron chi connectivity index (χ1n) is 6.33. The smallest absolute Gasteiger partial charge is 0.387 e. The van der Waals surface area contributed by atoms with Crippen LogP contribution in [-0.2, 0) is 6.54 Å². The van der Waals surface area contributed by atoms with Gasteiger partial charge in [0.2, 0.25) is 5.78 Å². The largest absolute Gasteiger partial charge is 0.435 e. The van der Waals surface area contributed by atoms with E-state index in [9.17, 15) is 13.6 Å². The lowest BCUT2D eigenvalue weighted by molar-refractivity contribution is -0.0498. The molecule has 112 valence electrons. The van der Waals surface area contributed by atoms with Crippen molar-refractivity contribution in [3.63, 3.8) is 0 Å². The number of aromatic nitrogens is 2. The molecule has 0 saturated heterocycles. The number of rotatable bonds is 6. The Bertz CT molecular complexity index is 644. The van der Waals surface area contributed by atoms with Gasteiger partial charge in [0.05, 0.1) is 11.2 Å². The van der Waals surface area contributed by atoms with Crippen molar-refractivity contribution >= 4 is 17.4 Å². The summed E-state index contributed by atoms with van der Waals surface area (Å²) in [4.78, 5) is 12.5. The van der Waals surface area contributed by atoms with Crippen molar-refractivity contribution in [2.75, 3.05) is 0 Å². The van der Waals surface area contributed by atoms with Gasteiger partial charge in [-0.05, 0) is 18.6 Å². The minimum Gasteiger partial charge on any atom is -0.435 e. The Morgan fingerprint density at radius 3 is 2.90 bits per heavy atom. The molecule has 0 unspecified atom stereocenters. The number of alkyl halides is 2. The van der Waals surface area contributed by atoms with E-state index in [0.29, 0.717) is 6.54 Å². The third kappa shape index (κ3) is 3.58. The Labute approximate surface area is 125 Å². The summed E-state index contributed by atoms with van der Waals surface area (Å²) in [6.07, 6.45) is 2.18. The van der Waals surface area contributed by atoms with Crippen LogP contribution in [0.4, 0.5) is 8.78 Å². The number of hydrogen-bond donors (Lipinski definition) is 0. The van der Waals surface area contributed by atoms with Gasteiger partial charge in [-0.25, -0.2) is 0 Å². The average Bonchev–Trinajstić information content (AvgIpc) is 2.79. The van der Waals surface area contributed by atoms with E-state index in [1.807, 2.05) is 6.92 Å². The van der Waals surface area contributed by atoms with Crippen molar-refractivity contribution in [2.45, 2.75) is 26.5 Å². The number of benzene rings is 1. The first-order chi connectivity index (χ1) is 10.0. The van der Waals surface area contributed by atoms with Crippen LogP contribution in [0.3, 0.4) is 0 Å². The molecule has 1 aromatic carbocycles. The maximum atomic E-state index is 12.5. The van der Waals surface area contributed by atoms with Crippen molar-refractivity contribution in [2.24, 2.45) is 0 Å². The molecule has 21 heavy (non-hydrogen) atoms. The number of hydrogen-bond acceptors (Lipinski definition) is 3. The summed E-state index contributed by atoms with van der Waals surface area (Å²) in [5, 5.41) is 4.27. The summed E-state index contributed by atoms with van der Waals surface area (Å²) in [6, 6.07) is 5.60. The summed E-state index contributed by atoms with van der Waals surface area (Å²) in [6.45, 7) is -0.452. The fraction of sp³-hybridized carbons (Fsp3) is 0.286. The Kier molecular flexibility index (Phi) is 4.90. The van der Waals surface area contributed by atoms with Gasteiger partial charge >= 0.3 is 6.61 Å². The summed E-state index contributed by atoms with van der Waals surface area (Å²) in [7, 11) is 0. The summed E-state index contributed by atoms with van der Waals surface area (Å²) in [5.74, 6) is -0.459. The van der Waals surface area contributed by atoms with Crippen LogP contribution in [0, 0.1) is 0 Å². The molecule has 1 aromatic heterocycles. The molecule has 0 aliphatic heterocycles. The Morgan fingerprint density at radius 2 is 2.24 bits per heavy atom. The first-order valence-corrected chi connectivity index (χ1v) is 6.71. The second kappa shape index (κ2) is 6.67. The van der Waals surface area contributed by atoms with Crippen LogP contribution in [0.2, 0.25) is 5.02 Å². The molecule has 0 bridgehead atoms. The number of halogens is 3. The van der Waals surface area contributed by atoms with Gasteiger partial charge < -0.3 is 4.74 Å². The molecule has 0 radical (unpaired) electrons. The molecule has 0 aliphatic rings. The van der Waals surface area contributed by atoms with Gasteiger partial charge in [0, 0.05) is 12.1 Å². The SMILES string of the molecule is CCCn1ncc(Cl)c1C(=O)c1cccc(OC(F)F)c1. The molecule has 0 saturated carbocycles. The maximum absolute atomic E-state index is 12.5. The van der Waals surface area contributed by atoms with Gasteiger partial charge in [-0.2, -0.15) is 13.9 Å². The van der Waals surface area contributed by atoms with Gasteiger partial charge in [0.25, 0.3) is 0 Å². The number of ketones is 1. The number of carbonyl (C=O) groups is 1. The highest BCUT2D eigenvalue weighted by molar-refractivity contribution is 6.34. The molecule has 2 aromatic rings. The predicted octanol–water partition coefficient (Wildman–Crippen LogP) is 3.78. The predicted molar refractivity (Wildman–Crippen MR) is 74.0 cm³/mol. The van der Waals surface area contributed by atoms with Crippen LogP contribution in [0.15, 0.2) is 30.5 Å². The van der Waals surface area contributed by atoms with E-state index in [2.05, 4.69) is 9.84 Å². The van der Waals surface area contributed by atoms with Crippen molar-refractivity contribution < 1.29 is 18.3 Å². The Hall–Kier alpha value is -1.95. The van der Waals surface area contributed by atoms with Crippen molar-refractivity contribution in [1.29, 1.82) is 0 Å². The van der Waals surface area contributed by atoms with Crippen molar-refractivity contribution in [3.8, 4) is 5.75 Å². The molecule has 7 heteroatoms. The van der Waals surface area contributed by atoms with Gasteiger partial charge in [0.15, 0.2) is 0 Å². The average molecular weight is 315 g/mol. The van der Waals surface area contributed by atoms with Crippen LogP contribution in [0.25, 0.3) is 0 Å². The monoisotopic (exact) mass is 314 g/mol. The van der Waals surface area contributed by atoms with Gasteiger partial charge in [-0.3, -0.25) is 9.48 Å². The lowest BCUT2D eigenvalue weighted by atomic mass is 10.1. The van der Waals surface area contributed by atoms with E-state index in [1.165, 1.54) is 35.1 Å². The van der Waals surface area contributed by atoms with Crippen LogP contribution < -0.4 is 4.74 Å². The minimum absolute atomic E-state index is 0.0754. The Balaban J connectivity index is 2.34. The van der Waals surface area contributed by atoms with E-state index in [4.69, 9.17) is 11.6 Å². The van der Waals surface area contributed by atoms with Gasteiger partial charge in [-0.15, -0.1) is 0 Å². The quantitative estimate of drug-likeness (QED) is 0.762. The van der Waals surface area contributed by atoms with Crippen LogP contribution in [0.1, 0.15) is 29.4 Å². The highest BCUT2D eigenvalue weighted by atomic mass is 35.5. The van der Waals surface area contributed by atoms with E-state index in [0.717, 1.165) is 6.42 Å². The second-order valence-electron chi connectivity index (χ2n) is 4.30.